The van der Waals surface area contributed by atoms with Crippen molar-refractivity contribution in [3.63, 3.8) is 0 Å². The molecular weight excluding hydrogens is 398 g/mol. The number of rotatable bonds is 5. The number of hydrogen-bond acceptors (Lipinski definition) is 2. The molecule has 0 heterocycles. The first-order valence-electron chi connectivity index (χ1n) is 6.80. The lowest BCUT2D eigenvalue weighted by molar-refractivity contribution is -0.120. The van der Waals surface area contributed by atoms with Gasteiger partial charge < -0.3 is 15.1 Å². The summed E-state index contributed by atoms with van der Waals surface area (Å²) in [6, 6.07) is 5.94. The standard InChI is InChI=1S/C15H23FN4O.HI/c1-19(2)15(20(3)4)18-10-9-17-14(21)11-12-5-7-13(16)8-6-12;/h5-8H,9-11H2,1-4H3,(H,17,21);1H. The maximum Gasteiger partial charge on any atom is 0.224 e. The van der Waals surface area contributed by atoms with Crippen molar-refractivity contribution in [3.05, 3.63) is 35.6 Å². The van der Waals surface area contributed by atoms with Gasteiger partial charge in [0.05, 0.1) is 13.0 Å². The van der Waals surface area contributed by atoms with Crippen LogP contribution in [0.4, 0.5) is 4.39 Å². The van der Waals surface area contributed by atoms with Crippen LogP contribution in [-0.4, -0.2) is 62.9 Å². The van der Waals surface area contributed by atoms with Crippen molar-refractivity contribution < 1.29 is 9.18 Å². The molecule has 1 amide bonds. The first-order chi connectivity index (χ1) is 9.90. The molecule has 0 saturated carbocycles. The number of hydrogen-bond donors (Lipinski definition) is 1. The van der Waals surface area contributed by atoms with Gasteiger partial charge in [-0.1, -0.05) is 12.1 Å². The molecular formula is C15H24FIN4O. The van der Waals surface area contributed by atoms with E-state index in [-0.39, 0.29) is 42.1 Å². The molecule has 22 heavy (non-hydrogen) atoms. The van der Waals surface area contributed by atoms with E-state index >= 15 is 0 Å². The Labute approximate surface area is 148 Å². The molecule has 0 bridgehead atoms. The summed E-state index contributed by atoms with van der Waals surface area (Å²) >= 11 is 0. The van der Waals surface area contributed by atoms with Crippen LogP contribution in [0.5, 0.6) is 0 Å². The predicted molar refractivity (Wildman–Crippen MR) is 98.2 cm³/mol. The van der Waals surface area contributed by atoms with Gasteiger partial charge in [0.15, 0.2) is 5.96 Å². The normalized spacial score (nSPS) is 9.50. The highest BCUT2D eigenvalue weighted by Crippen LogP contribution is 2.03. The molecule has 7 heteroatoms. The highest BCUT2D eigenvalue weighted by Gasteiger charge is 2.05. The third-order valence-corrected chi connectivity index (χ3v) is 2.77. The summed E-state index contributed by atoms with van der Waals surface area (Å²) in [6.45, 7) is 0.992. The van der Waals surface area contributed by atoms with Gasteiger partial charge in [-0.25, -0.2) is 4.39 Å². The van der Waals surface area contributed by atoms with E-state index in [9.17, 15) is 9.18 Å². The molecule has 0 aromatic heterocycles. The Morgan fingerprint density at radius 3 is 2.18 bits per heavy atom. The van der Waals surface area contributed by atoms with E-state index in [1.807, 2.05) is 38.0 Å². The molecule has 5 nitrogen and oxygen atoms in total. The van der Waals surface area contributed by atoms with Crippen LogP contribution in [-0.2, 0) is 11.2 Å². The second-order valence-corrected chi connectivity index (χ2v) is 5.12. The van der Waals surface area contributed by atoms with E-state index in [0.29, 0.717) is 13.1 Å². The first-order valence-corrected chi connectivity index (χ1v) is 6.80. The fourth-order valence-electron chi connectivity index (χ4n) is 1.88. The third-order valence-electron chi connectivity index (χ3n) is 2.77. The lowest BCUT2D eigenvalue weighted by Crippen LogP contribution is -2.36. The van der Waals surface area contributed by atoms with Crippen molar-refractivity contribution in [2.75, 3.05) is 41.3 Å². The van der Waals surface area contributed by atoms with Gasteiger partial charge in [0, 0.05) is 34.7 Å². The van der Waals surface area contributed by atoms with E-state index in [1.165, 1.54) is 12.1 Å². The second kappa shape index (κ2) is 10.4. The lowest BCUT2D eigenvalue weighted by atomic mass is 10.1. The Morgan fingerprint density at radius 1 is 1.14 bits per heavy atom. The largest absolute Gasteiger partial charge is 0.354 e. The average Bonchev–Trinajstić information content (AvgIpc) is 2.40. The highest BCUT2D eigenvalue weighted by atomic mass is 127. The Balaban J connectivity index is 0.00000441. The maximum absolute atomic E-state index is 12.8. The van der Waals surface area contributed by atoms with Gasteiger partial charge in [-0.05, 0) is 17.7 Å². The molecule has 0 unspecified atom stereocenters. The van der Waals surface area contributed by atoms with Gasteiger partial charge in [-0.15, -0.1) is 24.0 Å². The number of nitrogens with one attached hydrogen (secondary N) is 1. The summed E-state index contributed by atoms with van der Waals surface area (Å²) < 4.78 is 12.8. The monoisotopic (exact) mass is 422 g/mol. The minimum absolute atomic E-state index is 0. The molecule has 0 aliphatic carbocycles. The summed E-state index contributed by atoms with van der Waals surface area (Å²) in [6.07, 6.45) is 0.248. The van der Waals surface area contributed by atoms with Crippen molar-refractivity contribution in [2.45, 2.75) is 6.42 Å². The predicted octanol–water partition coefficient (Wildman–Crippen LogP) is 1.58. The first kappa shape index (κ1) is 20.6. The zero-order valence-corrected chi connectivity index (χ0v) is 15.8. The van der Waals surface area contributed by atoms with Gasteiger partial charge in [-0.2, -0.15) is 0 Å². The van der Waals surface area contributed by atoms with Crippen LogP contribution in [0.15, 0.2) is 29.3 Å². The Kier molecular flexibility index (Phi) is 9.71. The molecule has 1 aromatic rings. The molecule has 0 atom stereocenters. The second-order valence-electron chi connectivity index (χ2n) is 5.12. The van der Waals surface area contributed by atoms with Gasteiger partial charge in [0.1, 0.15) is 5.82 Å². The maximum atomic E-state index is 12.8. The summed E-state index contributed by atoms with van der Waals surface area (Å²) in [5.41, 5.74) is 0.791. The molecule has 0 aliphatic heterocycles. The Bertz CT molecular complexity index is 479. The van der Waals surface area contributed by atoms with Crippen molar-refractivity contribution in [1.29, 1.82) is 0 Å². The van der Waals surface area contributed by atoms with E-state index in [2.05, 4.69) is 10.3 Å². The van der Waals surface area contributed by atoms with Gasteiger partial charge in [0.2, 0.25) is 5.91 Å². The summed E-state index contributed by atoms with van der Waals surface area (Å²) in [5, 5.41) is 2.80. The van der Waals surface area contributed by atoms with Crippen LogP contribution in [0.2, 0.25) is 0 Å². The summed E-state index contributed by atoms with van der Waals surface area (Å²) in [7, 11) is 7.69. The SMILES string of the molecule is CN(C)C(=NCCNC(=O)Cc1ccc(F)cc1)N(C)C.I. The zero-order chi connectivity index (χ0) is 15.8. The topological polar surface area (TPSA) is 47.9 Å². The highest BCUT2D eigenvalue weighted by molar-refractivity contribution is 14.0. The smallest absolute Gasteiger partial charge is 0.224 e. The van der Waals surface area contributed by atoms with Crippen molar-refractivity contribution in [3.8, 4) is 0 Å². The number of carbonyl (C=O) groups is 1. The number of halogens is 2. The van der Waals surface area contributed by atoms with Crippen LogP contribution >= 0.6 is 24.0 Å². The summed E-state index contributed by atoms with van der Waals surface area (Å²) in [4.78, 5) is 20.0. The lowest BCUT2D eigenvalue weighted by Gasteiger charge is -2.22. The number of nitrogens with zero attached hydrogens (tertiary/aromatic N) is 3. The number of carbonyl (C=O) groups excluding carboxylic acids is 1. The molecule has 1 N–H and O–H groups in total. The van der Waals surface area contributed by atoms with Gasteiger partial charge in [0.25, 0.3) is 0 Å². The van der Waals surface area contributed by atoms with Crippen LogP contribution in [0.1, 0.15) is 5.56 Å². The molecule has 0 saturated heterocycles. The number of aliphatic imine (C=N–C) groups is 1. The minimum atomic E-state index is -0.298. The zero-order valence-electron chi connectivity index (χ0n) is 13.5. The Morgan fingerprint density at radius 2 is 1.68 bits per heavy atom. The quantitative estimate of drug-likeness (QED) is 0.339. The molecule has 1 aromatic carbocycles. The van der Waals surface area contributed by atoms with Crippen LogP contribution in [0.25, 0.3) is 0 Å². The number of guanidine groups is 1. The average molecular weight is 422 g/mol. The molecule has 1 rings (SSSR count). The fourth-order valence-corrected chi connectivity index (χ4v) is 1.88. The minimum Gasteiger partial charge on any atom is -0.354 e. The molecule has 0 fully saturated rings. The third kappa shape index (κ3) is 7.58. The molecule has 0 spiro atoms. The molecule has 124 valence electrons. The number of benzene rings is 1. The van der Waals surface area contributed by atoms with Crippen LogP contribution in [0, 0.1) is 5.82 Å². The number of amides is 1. The molecule has 0 aliphatic rings. The van der Waals surface area contributed by atoms with Gasteiger partial charge >= 0.3 is 0 Å². The van der Waals surface area contributed by atoms with E-state index in [4.69, 9.17) is 0 Å². The van der Waals surface area contributed by atoms with E-state index < -0.39 is 0 Å². The van der Waals surface area contributed by atoms with Gasteiger partial charge in [-0.3, -0.25) is 9.79 Å². The van der Waals surface area contributed by atoms with Crippen molar-refractivity contribution in [2.24, 2.45) is 4.99 Å². The molecule has 0 radical (unpaired) electrons. The summed E-state index contributed by atoms with van der Waals surface area (Å²) in [5.74, 6) is 0.462. The fraction of sp³-hybridized carbons (Fsp3) is 0.467. The van der Waals surface area contributed by atoms with E-state index in [0.717, 1.165) is 11.5 Å². The van der Waals surface area contributed by atoms with E-state index in [1.54, 1.807) is 12.1 Å². The van der Waals surface area contributed by atoms with Crippen molar-refractivity contribution >= 4 is 35.8 Å². The van der Waals surface area contributed by atoms with Crippen molar-refractivity contribution in [1.82, 2.24) is 15.1 Å². The van der Waals surface area contributed by atoms with Crippen LogP contribution in [0.3, 0.4) is 0 Å². The van der Waals surface area contributed by atoms with Crippen LogP contribution < -0.4 is 5.32 Å². The Hall–Kier alpha value is -1.38.